The number of morpholine rings is 1. The first-order valence-electron chi connectivity index (χ1n) is 7.19. The third-order valence-corrected chi connectivity index (χ3v) is 3.45. The number of hydrogen-bond acceptors (Lipinski definition) is 4. The number of benzene rings is 1. The van der Waals surface area contributed by atoms with Gasteiger partial charge < -0.3 is 9.47 Å². The monoisotopic (exact) mass is 277 g/mol. The molecule has 1 saturated heterocycles. The normalized spacial score (nSPS) is 17.7. The summed E-state index contributed by atoms with van der Waals surface area (Å²) in [5.41, 5.74) is 0.698. The molecular weight excluding hydrogens is 254 g/mol. The lowest BCUT2D eigenvalue weighted by molar-refractivity contribution is 0.0283. The molecule has 0 saturated carbocycles. The predicted molar refractivity (Wildman–Crippen MR) is 78.4 cm³/mol. The van der Waals surface area contributed by atoms with E-state index in [1.54, 1.807) is 6.92 Å². The molecule has 1 unspecified atom stereocenters. The number of Topliss-reactive ketones (excluding diaryl/α,β-unsaturated/α-hetero) is 1. The molecule has 1 atom stereocenters. The molecule has 0 aliphatic carbocycles. The molecule has 0 aromatic heterocycles. The van der Waals surface area contributed by atoms with Gasteiger partial charge in [-0.2, -0.15) is 0 Å². The Morgan fingerprint density at radius 3 is 2.85 bits per heavy atom. The summed E-state index contributed by atoms with van der Waals surface area (Å²) in [4.78, 5) is 13.7. The van der Waals surface area contributed by atoms with E-state index < -0.39 is 0 Å². The second-order valence-electron chi connectivity index (χ2n) is 5.41. The van der Waals surface area contributed by atoms with Crippen LogP contribution in [0.25, 0.3) is 0 Å². The van der Waals surface area contributed by atoms with Crippen LogP contribution in [0.4, 0.5) is 0 Å². The predicted octanol–water partition coefficient (Wildman–Crippen LogP) is 2.24. The first kappa shape index (κ1) is 15.0. The van der Waals surface area contributed by atoms with E-state index in [0.717, 1.165) is 38.6 Å². The van der Waals surface area contributed by atoms with Gasteiger partial charge >= 0.3 is 0 Å². The van der Waals surface area contributed by atoms with Gasteiger partial charge in [0.25, 0.3) is 0 Å². The minimum Gasteiger partial charge on any atom is -0.493 e. The number of carbonyl (C=O) groups excluding carboxylic acids is 1. The van der Waals surface area contributed by atoms with Crippen LogP contribution in [-0.2, 0) is 4.74 Å². The van der Waals surface area contributed by atoms with Crippen LogP contribution in [0.3, 0.4) is 0 Å². The van der Waals surface area contributed by atoms with Crippen LogP contribution in [0, 0.1) is 5.92 Å². The smallest absolute Gasteiger partial charge is 0.159 e. The van der Waals surface area contributed by atoms with Gasteiger partial charge in [0.15, 0.2) is 5.78 Å². The van der Waals surface area contributed by atoms with Gasteiger partial charge in [-0.25, -0.2) is 0 Å². The number of carbonyl (C=O) groups is 1. The fraction of sp³-hybridized carbons (Fsp3) is 0.562. The lowest BCUT2D eigenvalue weighted by Crippen LogP contribution is -2.39. The van der Waals surface area contributed by atoms with Crippen molar-refractivity contribution in [2.24, 2.45) is 5.92 Å². The zero-order valence-electron chi connectivity index (χ0n) is 12.3. The fourth-order valence-electron chi connectivity index (χ4n) is 2.32. The topological polar surface area (TPSA) is 38.8 Å². The van der Waals surface area contributed by atoms with Crippen molar-refractivity contribution in [1.82, 2.24) is 4.90 Å². The molecule has 1 aliphatic rings. The van der Waals surface area contributed by atoms with E-state index in [0.29, 0.717) is 18.1 Å². The third kappa shape index (κ3) is 4.62. The number of rotatable bonds is 6. The standard InChI is InChI=1S/C16H23NO3/c1-13(11-17-6-8-19-9-7-17)12-20-16-5-3-4-15(10-16)14(2)18/h3-5,10,13H,6-9,11-12H2,1-2H3. The zero-order valence-corrected chi connectivity index (χ0v) is 12.3. The molecule has 4 heteroatoms. The Balaban J connectivity index is 1.78. The molecule has 1 aliphatic heterocycles. The summed E-state index contributed by atoms with van der Waals surface area (Å²) in [6, 6.07) is 7.38. The molecule has 4 nitrogen and oxygen atoms in total. The van der Waals surface area contributed by atoms with Gasteiger partial charge in [0.1, 0.15) is 5.75 Å². The summed E-state index contributed by atoms with van der Waals surface area (Å²) in [5.74, 6) is 1.29. The zero-order chi connectivity index (χ0) is 14.4. The number of nitrogens with zero attached hydrogens (tertiary/aromatic N) is 1. The van der Waals surface area contributed by atoms with Gasteiger partial charge in [-0.15, -0.1) is 0 Å². The lowest BCUT2D eigenvalue weighted by atomic mass is 10.1. The fourth-order valence-corrected chi connectivity index (χ4v) is 2.32. The van der Waals surface area contributed by atoms with E-state index in [9.17, 15) is 4.79 Å². The van der Waals surface area contributed by atoms with E-state index in [-0.39, 0.29) is 5.78 Å². The molecule has 110 valence electrons. The quantitative estimate of drug-likeness (QED) is 0.748. The van der Waals surface area contributed by atoms with Gasteiger partial charge in [-0.05, 0) is 19.1 Å². The summed E-state index contributed by atoms with van der Waals surface area (Å²) in [5, 5.41) is 0. The Bertz CT molecular complexity index is 441. The number of ether oxygens (including phenoxy) is 2. The highest BCUT2D eigenvalue weighted by atomic mass is 16.5. The van der Waals surface area contributed by atoms with Crippen molar-refractivity contribution in [1.29, 1.82) is 0 Å². The van der Waals surface area contributed by atoms with E-state index in [1.165, 1.54) is 0 Å². The highest BCUT2D eigenvalue weighted by Crippen LogP contribution is 2.15. The van der Waals surface area contributed by atoms with Crippen molar-refractivity contribution < 1.29 is 14.3 Å². The van der Waals surface area contributed by atoms with Gasteiger partial charge in [0.05, 0.1) is 19.8 Å². The largest absolute Gasteiger partial charge is 0.493 e. The maximum absolute atomic E-state index is 11.3. The van der Waals surface area contributed by atoms with Gasteiger partial charge in [-0.1, -0.05) is 19.1 Å². The van der Waals surface area contributed by atoms with Crippen LogP contribution in [-0.4, -0.2) is 50.1 Å². The molecule has 1 aromatic rings. The van der Waals surface area contributed by atoms with Gasteiger partial charge in [0, 0.05) is 31.1 Å². The van der Waals surface area contributed by atoms with Crippen molar-refractivity contribution in [3.8, 4) is 5.75 Å². The molecule has 2 rings (SSSR count). The van der Waals surface area contributed by atoms with Crippen molar-refractivity contribution in [3.05, 3.63) is 29.8 Å². The van der Waals surface area contributed by atoms with Crippen LogP contribution >= 0.6 is 0 Å². The van der Waals surface area contributed by atoms with Crippen LogP contribution < -0.4 is 4.74 Å². The Morgan fingerprint density at radius 1 is 1.40 bits per heavy atom. The van der Waals surface area contributed by atoms with E-state index >= 15 is 0 Å². The van der Waals surface area contributed by atoms with E-state index in [1.807, 2.05) is 24.3 Å². The Hall–Kier alpha value is -1.39. The van der Waals surface area contributed by atoms with Crippen molar-refractivity contribution >= 4 is 5.78 Å². The highest BCUT2D eigenvalue weighted by Gasteiger charge is 2.14. The maximum Gasteiger partial charge on any atom is 0.159 e. The summed E-state index contributed by atoms with van der Waals surface area (Å²) >= 11 is 0. The van der Waals surface area contributed by atoms with Crippen LogP contribution in [0.15, 0.2) is 24.3 Å². The Kier molecular flexibility index (Phi) is 5.56. The number of hydrogen-bond donors (Lipinski definition) is 0. The minimum atomic E-state index is 0.0665. The van der Waals surface area contributed by atoms with E-state index in [4.69, 9.17) is 9.47 Å². The third-order valence-electron chi connectivity index (χ3n) is 3.45. The second-order valence-corrected chi connectivity index (χ2v) is 5.41. The molecule has 1 heterocycles. The SMILES string of the molecule is CC(=O)c1cccc(OCC(C)CN2CCOCC2)c1. The average Bonchev–Trinajstić information content (AvgIpc) is 2.46. The summed E-state index contributed by atoms with van der Waals surface area (Å²) in [6.45, 7) is 9.11. The van der Waals surface area contributed by atoms with Crippen molar-refractivity contribution in [2.45, 2.75) is 13.8 Å². The first-order chi connectivity index (χ1) is 9.65. The van der Waals surface area contributed by atoms with Crippen LogP contribution in [0.1, 0.15) is 24.2 Å². The molecule has 0 bridgehead atoms. The van der Waals surface area contributed by atoms with Gasteiger partial charge in [-0.3, -0.25) is 9.69 Å². The molecule has 0 amide bonds. The summed E-state index contributed by atoms with van der Waals surface area (Å²) < 4.78 is 11.1. The minimum absolute atomic E-state index is 0.0665. The molecule has 0 N–H and O–H groups in total. The first-order valence-corrected chi connectivity index (χ1v) is 7.19. The average molecular weight is 277 g/mol. The van der Waals surface area contributed by atoms with E-state index in [2.05, 4.69) is 11.8 Å². The van der Waals surface area contributed by atoms with Crippen molar-refractivity contribution in [3.63, 3.8) is 0 Å². The lowest BCUT2D eigenvalue weighted by Gasteiger charge is -2.29. The Labute approximate surface area is 120 Å². The number of ketones is 1. The molecule has 1 fully saturated rings. The maximum atomic E-state index is 11.3. The molecular formula is C16H23NO3. The summed E-state index contributed by atoms with van der Waals surface area (Å²) in [7, 11) is 0. The van der Waals surface area contributed by atoms with Crippen LogP contribution in [0.2, 0.25) is 0 Å². The van der Waals surface area contributed by atoms with Gasteiger partial charge in [0.2, 0.25) is 0 Å². The highest BCUT2D eigenvalue weighted by molar-refractivity contribution is 5.94. The van der Waals surface area contributed by atoms with Crippen LogP contribution in [0.5, 0.6) is 5.75 Å². The second kappa shape index (κ2) is 7.41. The molecule has 1 aromatic carbocycles. The Morgan fingerprint density at radius 2 is 2.15 bits per heavy atom. The molecule has 0 radical (unpaired) electrons. The van der Waals surface area contributed by atoms with Crippen molar-refractivity contribution in [2.75, 3.05) is 39.5 Å². The molecule has 0 spiro atoms. The molecule has 20 heavy (non-hydrogen) atoms. The summed E-state index contributed by atoms with van der Waals surface area (Å²) in [6.07, 6.45) is 0.